The van der Waals surface area contributed by atoms with Crippen molar-refractivity contribution in [1.82, 2.24) is 10.2 Å². The summed E-state index contributed by atoms with van der Waals surface area (Å²) in [7, 11) is 0. The molecule has 1 N–H and O–H groups in total. The predicted molar refractivity (Wildman–Crippen MR) is 69.4 cm³/mol. The molecule has 0 aromatic rings. The van der Waals surface area contributed by atoms with Crippen molar-refractivity contribution in [2.24, 2.45) is 0 Å². The highest BCUT2D eigenvalue weighted by Crippen LogP contribution is 2.38. The van der Waals surface area contributed by atoms with Gasteiger partial charge in [0.15, 0.2) is 0 Å². The zero-order valence-corrected chi connectivity index (χ0v) is 11.3. The van der Waals surface area contributed by atoms with Crippen LogP contribution in [-0.2, 0) is 9.53 Å². The van der Waals surface area contributed by atoms with Gasteiger partial charge in [0.05, 0.1) is 5.60 Å². The zero-order valence-electron chi connectivity index (χ0n) is 11.3. The smallest absolute Gasteiger partial charge is 0.251 e. The van der Waals surface area contributed by atoms with Gasteiger partial charge in [-0.3, -0.25) is 4.79 Å². The van der Waals surface area contributed by atoms with Crippen LogP contribution in [0.2, 0.25) is 0 Å². The molecule has 0 bridgehead atoms. The van der Waals surface area contributed by atoms with E-state index in [1.54, 1.807) is 0 Å². The van der Waals surface area contributed by atoms with Crippen molar-refractivity contribution in [3.05, 3.63) is 0 Å². The van der Waals surface area contributed by atoms with Gasteiger partial charge < -0.3 is 15.0 Å². The number of nitrogens with zero attached hydrogens (tertiary/aromatic N) is 1. The first-order valence-electron chi connectivity index (χ1n) is 7.39. The minimum absolute atomic E-state index is 0.00847. The van der Waals surface area contributed by atoms with Crippen LogP contribution < -0.4 is 5.32 Å². The molecule has 3 heterocycles. The van der Waals surface area contributed by atoms with E-state index < -0.39 is 0 Å². The highest BCUT2D eigenvalue weighted by atomic mass is 16.5. The summed E-state index contributed by atoms with van der Waals surface area (Å²) in [5.74, 6) is 0.246. The third-order valence-corrected chi connectivity index (χ3v) is 4.88. The summed E-state index contributed by atoms with van der Waals surface area (Å²) in [6.07, 6.45) is 6.24. The van der Waals surface area contributed by atoms with E-state index in [-0.39, 0.29) is 17.6 Å². The van der Waals surface area contributed by atoms with Gasteiger partial charge in [0, 0.05) is 12.6 Å². The second-order valence-corrected chi connectivity index (χ2v) is 6.10. The maximum absolute atomic E-state index is 12.5. The topological polar surface area (TPSA) is 41.6 Å². The average Bonchev–Trinajstić information content (AvgIpc) is 2.97. The molecule has 4 nitrogen and oxygen atoms in total. The molecule has 0 aromatic carbocycles. The lowest BCUT2D eigenvalue weighted by atomic mass is 9.89. The quantitative estimate of drug-likeness (QED) is 0.765. The van der Waals surface area contributed by atoms with Gasteiger partial charge in [0.2, 0.25) is 0 Å². The highest BCUT2D eigenvalue weighted by molar-refractivity contribution is 5.81. The van der Waals surface area contributed by atoms with Crippen LogP contribution >= 0.6 is 0 Å². The van der Waals surface area contributed by atoms with Crippen molar-refractivity contribution < 1.29 is 9.53 Å². The van der Waals surface area contributed by atoms with E-state index in [1.807, 2.05) is 4.90 Å². The van der Waals surface area contributed by atoms with E-state index in [9.17, 15) is 4.79 Å². The van der Waals surface area contributed by atoms with Crippen LogP contribution in [0.1, 0.15) is 45.4 Å². The number of hydrogen-bond donors (Lipinski definition) is 1. The molecule has 0 aromatic heterocycles. The van der Waals surface area contributed by atoms with Gasteiger partial charge in [-0.2, -0.15) is 0 Å². The molecule has 18 heavy (non-hydrogen) atoms. The van der Waals surface area contributed by atoms with Gasteiger partial charge in [0.25, 0.3) is 5.91 Å². The summed E-state index contributed by atoms with van der Waals surface area (Å²) in [6.45, 7) is 5.14. The van der Waals surface area contributed by atoms with Crippen LogP contribution in [-0.4, -0.2) is 48.2 Å². The molecule has 1 spiro atoms. The van der Waals surface area contributed by atoms with Crippen LogP contribution in [0.25, 0.3) is 0 Å². The normalized spacial score (nSPS) is 35.3. The second kappa shape index (κ2) is 4.82. The molecule has 0 saturated carbocycles. The summed E-state index contributed by atoms with van der Waals surface area (Å²) in [6, 6.07) is 0.408. The summed E-state index contributed by atoms with van der Waals surface area (Å²) < 4.78 is 6.18. The van der Waals surface area contributed by atoms with Crippen molar-refractivity contribution in [3.63, 3.8) is 0 Å². The van der Waals surface area contributed by atoms with E-state index in [1.165, 1.54) is 0 Å². The Morgan fingerprint density at radius 2 is 2.06 bits per heavy atom. The van der Waals surface area contributed by atoms with Crippen molar-refractivity contribution in [3.8, 4) is 0 Å². The molecule has 3 saturated heterocycles. The number of carbonyl (C=O) groups excluding carboxylic acids is 1. The lowest BCUT2D eigenvalue weighted by Gasteiger charge is -2.34. The molecule has 2 atom stereocenters. The lowest BCUT2D eigenvalue weighted by Crippen LogP contribution is -2.45. The number of rotatable bonds is 1. The number of amides is 1. The van der Waals surface area contributed by atoms with E-state index in [0.29, 0.717) is 6.04 Å². The van der Waals surface area contributed by atoms with Gasteiger partial charge in [-0.1, -0.05) is 0 Å². The summed E-state index contributed by atoms with van der Waals surface area (Å²) in [5, 5.41) is 3.37. The molecule has 3 aliphatic heterocycles. The Hall–Kier alpha value is -0.610. The minimum Gasteiger partial charge on any atom is -0.362 e. The third-order valence-electron chi connectivity index (χ3n) is 4.88. The number of piperidine rings is 1. The van der Waals surface area contributed by atoms with Gasteiger partial charge >= 0.3 is 0 Å². The second-order valence-electron chi connectivity index (χ2n) is 6.10. The van der Waals surface area contributed by atoms with E-state index >= 15 is 0 Å². The molecule has 4 heteroatoms. The number of carbonyl (C=O) groups is 1. The molecule has 102 valence electrons. The fraction of sp³-hybridized carbons (Fsp3) is 0.929. The summed E-state index contributed by atoms with van der Waals surface area (Å²) in [4.78, 5) is 14.5. The standard InChI is InChI=1S/C14H24N2O2/c1-11-3-2-10-16(11)13(17)12-4-5-14(18-12)6-8-15-9-7-14/h11-12,15H,2-10H2,1H3/t11-,12-/m0/s1. The van der Waals surface area contributed by atoms with Crippen LogP contribution in [0.4, 0.5) is 0 Å². The van der Waals surface area contributed by atoms with Crippen LogP contribution in [0.5, 0.6) is 0 Å². The zero-order chi connectivity index (χ0) is 12.6. The van der Waals surface area contributed by atoms with Crippen molar-refractivity contribution >= 4 is 5.91 Å². The van der Waals surface area contributed by atoms with Gasteiger partial charge in [0.1, 0.15) is 6.10 Å². The molecule has 3 aliphatic rings. The van der Waals surface area contributed by atoms with Crippen LogP contribution in [0.3, 0.4) is 0 Å². The van der Waals surface area contributed by atoms with Crippen molar-refractivity contribution in [2.45, 2.75) is 63.2 Å². The predicted octanol–water partition coefficient (Wildman–Crippen LogP) is 1.30. The molecular weight excluding hydrogens is 228 g/mol. The molecule has 0 radical (unpaired) electrons. The molecule has 3 rings (SSSR count). The Balaban J connectivity index is 1.62. The Morgan fingerprint density at radius 1 is 1.28 bits per heavy atom. The van der Waals surface area contributed by atoms with Crippen LogP contribution in [0.15, 0.2) is 0 Å². The summed E-state index contributed by atoms with van der Waals surface area (Å²) in [5.41, 5.74) is 0.00847. The molecule has 0 aliphatic carbocycles. The minimum atomic E-state index is -0.163. The largest absolute Gasteiger partial charge is 0.362 e. The molecular formula is C14H24N2O2. The first-order valence-corrected chi connectivity index (χ1v) is 7.39. The van der Waals surface area contributed by atoms with E-state index in [0.717, 1.165) is 58.2 Å². The average molecular weight is 252 g/mol. The Morgan fingerprint density at radius 3 is 2.72 bits per heavy atom. The Labute approximate surface area is 109 Å². The maximum Gasteiger partial charge on any atom is 0.251 e. The number of hydrogen-bond acceptors (Lipinski definition) is 3. The molecule has 0 unspecified atom stereocenters. The third kappa shape index (κ3) is 2.16. The van der Waals surface area contributed by atoms with Crippen molar-refractivity contribution in [2.75, 3.05) is 19.6 Å². The Bertz CT molecular complexity index is 326. The maximum atomic E-state index is 12.5. The molecule has 1 amide bonds. The molecule has 3 fully saturated rings. The fourth-order valence-corrected chi connectivity index (χ4v) is 3.68. The SMILES string of the molecule is C[C@H]1CCCN1C(=O)[C@@H]1CCC2(CCNCC2)O1. The van der Waals surface area contributed by atoms with Crippen molar-refractivity contribution in [1.29, 1.82) is 0 Å². The number of ether oxygens (including phenoxy) is 1. The van der Waals surface area contributed by atoms with Gasteiger partial charge in [-0.25, -0.2) is 0 Å². The van der Waals surface area contributed by atoms with E-state index in [2.05, 4.69) is 12.2 Å². The number of nitrogens with one attached hydrogen (secondary N) is 1. The summed E-state index contributed by atoms with van der Waals surface area (Å²) >= 11 is 0. The van der Waals surface area contributed by atoms with Gasteiger partial charge in [-0.15, -0.1) is 0 Å². The first kappa shape index (κ1) is 12.4. The van der Waals surface area contributed by atoms with E-state index in [4.69, 9.17) is 4.74 Å². The highest BCUT2D eigenvalue weighted by Gasteiger charge is 2.45. The van der Waals surface area contributed by atoms with Gasteiger partial charge in [-0.05, 0) is 58.5 Å². The monoisotopic (exact) mass is 252 g/mol. The Kier molecular flexibility index (Phi) is 3.32. The lowest BCUT2D eigenvalue weighted by molar-refractivity contribution is -0.150. The first-order chi connectivity index (χ1) is 8.70. The van der Waals surface area contributed by atoms with Crippen LogP contribution in [0, 0.1) is 0 Å². The number of likely N-dealkylation sites (tertiary alicyclic amines) is 1. The fourth-order valence-electron chi connectivity index (χ4n) is 3.68.